The van der Waals surface area contributed by atoms with Gasteiger partial charge >= 0.3 is 0 Å². The largest absolute Gasteiger partial charge is 0.326 e. The maximum atomic E-state index is 12.0. The van der Waals surface area contributed by atoms with Gasteiger partial charge < -0.3 is 5.32 Å². The number of nitrogens with one attached hydrogen (secondary N) is 2. The van der Waals surface area contributed by atoms with Gasteiger partial charge in [0.2, 0.25) is 11.0 Å². The minimum Gasteiger partial charge on any atom is -0.326 e. The van der Waals surface area contributed by atoms with Gasteiger partial charge in [-0.15, -0.1) is 0 Å². The van der Waals surface area contributed by atoms with E-state index in [0.717, 1.165) is 11.5 Å². The number of hydrogen-bond acceptors (Lipinski definition) is 5. The average molecular weight is 276 g/mol. The van der Waals surface area contributed by atoms with Gasteiger partial charge in [0.1, 0.15) is 5.82 Å². The summed E-state index contributed by atoms with van der Waals surface area (Å²) in [5, 5.41) is 5.73. The Morgan fingerprint density at radius 2 is 2.05 bits per heavy atom. The molecule has 1 heterocycles. The zero-order valence-corrected chi connectivity index (χ0v) is 11.2. The molecular weight excluding hydrogens is 264 g/mol. The van der Waals surface area contributed by atoms with Crippen LogP contribution < -0.4 is 10.6 Å². The van der Waals surface area contributed by atoms with E-state index >= 15 is 0 Å². The molecule has 0 fully saturated rings. The highest BCUT2D eigenvalue weighted by atomic mass is 32.1. The molecule has 0 saturated heterocycles. The second-order valence-electron chi connectivity index (χ2n) is 3.86. The first-order valence-electron chi connectivity index (χ1n) is 5.54. The van der Waals surface area contributed by atoms with Crippen molar-refractivity contribution in [2.75, 3.05) is 10.6 Å². The van der Waals surface area contributed by atoms with Crippen LogP contribution in [0.15, 0.2) is 24.3 Å². The maximum Gasteiger partial charge on any atom is 0.257 e. The van der Waals surface area contributed by atoms with Crippen LogP contribution in [0.5, 0.6) is 0 Å². The van der Waals surface area contributed by atoms with Gasteiger partial charge in [0.15, 0.2) is 0 Å². The zero-order chi connectivity index (χ0) is 13.8. The van der Waals surface area contributed by atoms with Gasteiger partial charge in [-0.05, 0) is 25.1 Å². The first-order chi connectivity index (χ1) is 9.04. The fourth-order valence-electron chi connectivity index (χ4n) is 1.46. The van der Waals surface area contributed by atoms with Crippen LogP contribution in [0.25, 0.3) is 0 Å². The van der Waals surface area contributed by atoms with Crippen molar-refractivity contribution in [2.45, 2.75) is 13.8 Å². The summed E-state index contributed by atoms with van der Waals surface area (Å²) in [6.45, 7) is 3.17. The standard InChI is InChI=1S/C12H12N4O2S/c1-7-13-12(19-16-7)15-11(18)9-4-3-5-10(6-9)14-8(2)17/h3-6H,1-2H3,(H,14,17)(H,13,15,16,18). The number of carbonyl (C=O) groups is 2. The lowest BCUT2D eigenvalue weighted by molar-refractivity contribution is -0.114. The zero-order valence-electron chi connectivity index (χ0n) is 10.4. The van der Waals surface area contributed by atoms with E-state index in [4.69, 9.17) is 0 Å². The molecule has 0 spiro atoms. The molecule has 0 bridgehead atoms. The Kier molecular flexibility index (Phi) is 3.86. The van der Waals surface area contributed by atoms with Crippen LogP contribution in [0.2, 0.25) is 0 Å². The minimum atomic E-state index is -0.289. The van der Waals surface area contributed by atoms with Gasteiger partial charge in [-0.2, -0.15) is 4.37 Å². The molecule has 0 aliphatic carbocycles. The third-order valence-electron chi connectivity index (χ3n) is 2.19. The van der Waals surface area contributed by atoms with Gasteiger partial charge in [-0.25, -0.2) is 4.98 Å². The van der Waals surface area contributed by atoms with Gasteiger partial charge in [0.25, 0.3) is 5.91 Å². The van der Waals surface area contributed by atoms with Crippen molar-refractivity contribution in [2.24, 2.45) is 0 Å². The van der Waals surface area contributed by atoms with Crippen LogP contribution in [-0.4, -0.2) is 21.2 Å². The summed E-state index contributed by atoms with van der Waals surface area (Å²) in [4.78, 5) is 27.0. The summed E-state index contributed by atoms with van der Waals surface area (Å²) in [5.74, 6) is 0.146. The predicted molar refractivity (Wildman–Crippen MR) is 73.3 cm³/mol. The van der Waals surface area contributed by atoms with Crippen molar-refractivity contribution in [3.05, 3.63) is 35.7 Å². The Morgan fingerprint density at radius 3 is 2.68 bits per heavy atom. The van der Waals surface area contributed by atoms with Gasteiger partial charge in [-0.1, -0.05) is 6.07 Å². The quantitative estimate of drug-likeness (QED) is 0.898. The summed E-state index contributed by atoms with van der Waals surface area (Å²) in [5.41, 5.74) is 1.02. The Hall–Kier alpha value is -2.28. The fourth-order valence-corrected chi connectivity index (χ4v) is 2.03. The van der Waals surface area contributed by atoms with Crippen molar-refractivity contribution in [3.63, 3.8) is 0 Å². The molecule has 0 aliphatic heterocycles. The van der Waals surface area contributed by atoms with Crippen LogP contribution >= 0.6 is 11.5 Å². The maximum absolute atomic E-state index is 12.0. The highest BCUT2D eigenvalue weighted by molar-refractivity contribution is 7.09. The number of aromatic nitrogens is 2. The third kappa shape index (κ3) is 3.59. The number of hydrogen-bond donors (Lipinski definition) is 2. The molecule has 6 nitrogen and oxygen atoms in total. The van der Waals surface area contributed by atoms with E-state index in [1.165, 1.54) is 6.92 Å². The highest BCUT2D eigenvalue weighted by Crippen LogP contribution is 2.15. The monoisotopic (exact) mass is 276 g/mol. The van der Waals surface area contributed by atoms with Crippen molar-refractivity contribution in [1.82, 2.24) is 9.36 Å². The lowest BCUT2D eigenvalue weighted by Crippen LogP contribution is -2.13. The highest BCUT2D eigenvalue weighted by Gasteiger charge is 2.09. The van der Waals surface area contributed by atoms with Crippen molar-refractivity contribution in [1.29, 1.82) is 0 Å². The van der Waals surface area contributed by atoms with Crippen LogP contribution in [0.1, 0.15) is 23.1 Å². The van der Waals surface area contributed by atoms with Crippen LogP contribution in [0, 0.1) is 6.92 Å². The average Bonchev–Trinajstić information content (AvgIpc) is 2.74. The van der Waals surface area contributed by atoms with Crippen molar-refractivity contribution >= 4 is 34.2 Å². The number of benzene rings is 1. The molecule has 1 aromatic heterocycles. The normalized spacial score (nSPS) is 10.0. The molecule has 1 aromatic carbocycles. The van der Waals surface area contributed by atoms with Crippen LogP contribution in [-0.2, 0) is 4.79 Å². The van der Waals surface area contributed by atoms with E-state index in [1.807, 2.05) is 0 Å². The second-order valence-corrected chi connectivity index (χ2v) is 4.61. The van der Waals surface area contributed by atoms with Gasteiger partial charge in [-0.3, -0.25) is 14.9 Å². The number of carbonyl (C=O) groups excluding carboxylic acids is 2. The molecule has 0 aliphatic rings. The topological polar surface area (TPSA) is 84.0 Å². The summed E-state index contributed by atoms with van der Waals surface area (Å²) in [6, 6.07) is 6.68. The van der Waals surface area contributed by atoms with E-state index in [9.17, 15) is 9.59 Å². The molecule has 2 N–H and O–H groups in total. The molecule has 19 heavy (non-hydrogen) atoms. The second kappa shape index (κ2) is 5.57. The number of amides is 2. The first kappa shape index (κ1) is 13.2. The lowest BCUT2D eigenvalue weighted by atomic mass is 10.2. The Balaban J connectivity index is 2.12. The Labute approximate surface area is 114 Å². The van der Waals surface area contributed by atoms with E-state index in [0.29, 0.717) is 22.2 Å². The number of aryl methyl sites for hydroxylation is 1. The molecule has 2 amide bonds. The lowest BCUT2D eigenvalue weighted by Gasteiger charge is -2.05. The molecule has 7 heteroatoms. The first-order valence-corrected chi connectivity index (χ1v) is 6.31. The molecule has 0 unspecified atom stereocenters. The molecular formula is C12H12N4O2S. The van der Waals surface area contributed by atoms with Crippen LogP contribution in [0.3, 0.4) is 0 Å². The Bertz CT molecular complexity index is 624. The molecule has 98 valence electrons. The summed E-state index contributed by atoms with van der Waals surface area (Å²) < 4.78 is 3.98. The van der Waals surface area contributed by atoms with Gasteiger partial charge in [0, 0.05) is 29.7 Å². The summed E-state index contributed by atoms with van der Waals surface area (Å²) in [7, 11) is 0. The summed E-state index contributed by atoms with van der Waals surface area (Å²) in [6.07, 6.45) is 0. The molecule has 2 aromatic rings. The minimum absolute atomic E-state index is 0.183. The summed E-state index contributed by atoms with van der Waals surface area (Å²) >= 11 is 1.12. The smallest absolute Gasteiger partial charge is 0.257 e. The third-order valence-corrected chi connectivity index (χ3v) is 2.91. The molecule has 0 radical (unpaired) electrons. The van der Waals surface area contributed by atoms with Crippen molar-refractivity contribution in [3.8, 4) is 0 Å². The number of anilines is 2. The number of rotatable bonds is 3. The van der Waals surface area contributed by atoms with Crippen molar-refractivity contribution < 1.29 is 9.59 Å². The number of nitrogens with zero attached hydrogens (tertiary/aromatic N) is 2. The Morgan fingerprint density at radius 1 is 1.26 bits per heavy atom. The molecule has 0 atom stereocenters. The van der Waals surface area contributed by atoms with Gasteiger partial charge in [0.05, 0.1) is 0 Å². The van der Waals surface area contributed by atoms with E-state index in [1.54, 1.807) is 31.2 Å². The van der Waals surface area contributed by atoms with E-state index < -0.39 is 0 Å². The van der Waals surface area contributed by atoms with E-state index in [-0.39, 0.29) is 11.8 Å². The fraction of sp³-hybridized carbons (Fsp3) is 0.167. The SMILES string of the molecule is CC(=O)Nc1cccc(C(=O)Nc2nc(C)ns2)c1. The molecule has 2 rings (SSSR count). The van der Waals surface area contributed by atoms with E-state index in [2.05, 4.69) is 20.0 Å². The molecule has 0 saturated carbocycles. The van der Waals surface area contributed by atoms with Crippen LogP contribution in [0.4, 0.5) is 10.8 Å². The predicted octanol–water partition coefficient (Wildman–Crippen LogP) is 2.06.